The number of nitrogens with zero attached hydrogens (tertiary/aromatic N) is 4. The SMILES string of the molecule is Cl.Cl.Cl.Cl.c1ccc(CN2CCN(CCN3CCN(Cc4ccccc4)CC3)CC2)cc1. The molecule has 0 spiro atoms. The molecule has 2 aliphatic rings. The van der Waals surface area contributed by atoms with E-state index in [0.29, 0.717) is 0 Å². The Morgan fingerprint density at radius 2 is 0.688 bits per heavy atom. The van der Waals surface area contributed by atoms with Crippen LogP contribution in [-0.2, 0) is 13.1 Å². The van der Waals surface area contributed by atoms with Crippen molar-refractivity contribution in [1.29, 1.82) is 0 Å². The van der Waals surface area contributed by atoms with Gasteiger partial charge in [-0.1, -0.05) is 60.7 Å². The molecular formula is C24H38Cl4N4. The van der Waals surface area contributed by atoms with Gasteiger partial charge in [0.25, 0.3) is 0 Å². The molecule has 2 saturated heterocycles. The molecule has 0 unspecified atom stereocenters. The minimum absolute atomic E-state index is 0. The van der Waals surface area contributed by atoms with Crippen molar-refractivity contribution in [2.75, 3.05) is 65.4 Å². The van der Waals surface area contributed by atoms with Crippen molar-refractivity contribution in [2.45, 2.75) is 13.1 Å². The summed E-state index contributed by atoms with van der Waals surface area (Å²) >= 11 is 0. The third-order valence-electron chi connectivity index (χ3n) is 6.16. The maximum Gasteiger partial charge on any atom is 0.0234 e. The number of piperazine rings is 2. The van der Waals surface area contributed by atoms with Crippen LogP contribution in [0, 0.1) is 0 Å². The molecule has 0 aliphatic carbocycles. The molecule has 2 aromatic rings. The van der Waals surface area contributed by atoms with Crippen LogP contribution >= 0.6 is 49.6 Å². The predicted molar refractivity (Wildman–Crippen MR) is 145 cm³/mol. The van der Waals surface area contributed by atoms with Crippen LogP contribution in [-0.4, -0.2) is 85.0 Å². The molecule has 0 N–H and O–H groups in total. The lowest BCUT2D eigenvalue weighted by atomic mass is 10.2. The molecule has 2 fully saturated rings. The minimum Gasteiger partial charge on any atom is -0.300 e. The van der Waals surface area contributed by atoms with E-state index in [1.165, 1.54) is 76.6 Å². The minimum atomic E-state index is 0. The first-order chi connectivity index (χ1) is 13.8. The lowest BCUT2D eigenvalue weighted by molar-refractivity contribution is 0.0903. The molecule has 4 nitrogen and oxygen atoms in total. The fraction of sp³-hybridized carbons (Fsp3) is 0.500. The van der Waals surface area contributed by atoms with Gasteiger partial charge in [-0.25, -0.2) is 0 Å². The second-order valence-corrected chi connectivity index (χ2v) is 8.21. The maximum atomic E-state index is 2.65. The smallest absolute Gasteiger partial charge is 0.0234 e. The Balaban J connectivity index is 0.00000240. The van der Waals surface area contributed by atoms with Gasteiger partial charge in [-0.15, -0.1) is 49.6 Å². The zero-order chi connectivity index (χ0) is 19.0. The van der Waals surface area contributed by atoms with Gasteiger partial charge in [-0.2, -0.15) is 0 Å². The molecule has 2 aliphatic heterocycles. The lowest BCUT2D eigenvalue weighted by Crippen LogP contribution is -2.51. The highest BCUT2D eigenvalue weighted by Gasteiger charge is 2.20. The first kappa shape index (κ1) is 31.4. The van der Waals surface area contributed by atoms with Crippen molar-refractivity contribution in [3.05, 3.63) is 71.8 Å². The van der Waals surface area contributed by atoms with E-state index in [1.54, 1.807) is 0 Å². The normalized spacial score (nSPS) is 17.9. The van der Waals surface area contributed by atoms with Crippen LogP contribution in [0.3, 0.4) is 0 Å². The van der Waals surface area contributed by atoms with Crippen LogP contribution in [0.4, 0.5) is 0 Å². The molecule has 0 aromatic heterocycles. The van der Waals surface area contributed by atoms with Gasteiger partial charge < -0.3 is 0 Å². The molecule has 0 radical (unpaired) electrons. The van der Waals surface area contributed by atoms with Gasteiger partial charge in [-0.05, 0) is 11.1 Å². The van der Waals surface area contributed by atoms with Gasteiger partial charge in [0.15, 0.2) is 0 Å². The van der Waals surface area contributed by atoms with Crippen LogP contribution in [0.25, 0.3) is 0 Å². The van der Waals surface area contributed by atoms with E-state index in [-0.39, 0.29) is 49.6 Å². The van der Waals surface area contributed by atoms with Gasteiger partial charge in [0.2, 0.25) is 0 Å². The van der Waals surface area contributed by atoms with Crippen LogP contribution in [0.2, 0.25) is 0 Å². The Bertz CT molecular complexity index is 630. The summed E-state index contributed by atoms with van der Waals surface area (Å²) in [4.78, 5) is 10.5. The Hall–Kier alpha value is -0.560. The van der Waals surface area contributed by atoms with Crippen molar-refractivity contribution in [3.8, 4) is 0 Å². The summed E-state index contributed by atoms with van der Waals surface area (Å²) in [5.41, 5.74) is 2.87. The number of hydrogen-bond donors (Lipinski definition) is 0. The number of halogens is 4. The topological polar surface area (TPSA) is 13.0 Å². The summed E-state index contributed by atoms with van der Waals surface area (Å²) in [5, 5.41) is 0. The zero-order valence-electron chi connectivity index (χ0n) is 18.7. The Labute approximate surface area is 219 Å². The largest absolute Gasteiger partial charge is 0.300 e. The van der Waals surface area contributed by atoms with Crippen molar-refractivity contribution in [3.63, 3.8) is 0 Å². The van der Waals surface area contributed by atoms with E-state index >= 15 is 0 Å². The fourth-order valence-electron chi connectivity index (χ4n) is 4.31. The van der Waals surface area contributed by atoms with Gasteiger partial charge >= 0.3 is 0 Å². The molecule has 2 heterocycles. The predicted octanol–water partition coefficient (Wildman–Crippen LogP) is 4.31. The van der Waals surface area contributed by atoms with Gasteiger partial charge in [0.05, 0.1) is 0 Å². The highest BCUT2D eigenvalue weighted by molar-refractivity contribution is 5.86. The summed E-state index contributed by atoms with van der Waals surface area (Å²) in [7, 11) is 0. The van der Waals surface area contributed by atoms with E-state index < -0.39 is 0 Å². The van der Waals surface area contributed by atoms with E-state index in [2.05, 4.69) is 80.3 Å². The first-order valence-corrected chi connectivity index (χ1v) is 10.8. The molecular weight excluding hydrogens is 486 g/mol. The lowest BCUT2D eigenvalue weighted by Gasteiger charge is -2.38. The summed E-state index contributed by atoms with van der Waals surface area (Å²) in [6.07, 6.45) is 0. The van der Waals surface area contributed by atoms with E-state index in [4.69, 9.17) is 0 Å². The second-order valence-electron chi connectivity index (χ2n) is 8.21. The molecule has 0 atom stereocenters. The maximum absolute atomic E-state index is 2.65. The standard InChI is InChI=1S/C24H34N4.4ClH/c1-3-7-23(8-4-1)21-27-17-13-25(14-18-27)11-12-26-15-19-28(20-16-26)22-24-9-5-2-6-10-24;;;;/h1-10H,11-22H2;4*1H. The second kappa shape index (κ2) is 17.0. The van der Waals surface area contributed by atoms with E-state index in [0.717, 1.165) is 13.1 Å². The summed E-state index contributed by atoms with van der Waals surface area (Å²) in [6.45, 7) is 14.2. The summed E-state index contributed by atoms with van der Waals surface area (Å²) < 4.78 is 0. The number of rotatable bonds is 7. The summed E-state index contributed by atoms with van der Waals surface area (Å²) in [6, 6.07) is 21.7. The average Bonchev–Trinajstić information content (AvgIpc) is 2.76. The van der Waals surface area contributed by atoms with Gasteiger partial charge in [0.1, 0.15) is 0 Å². The Morgan fingerprint density at radius 3 is 1.00 bits per heavy atom. The molecule has 8 heteroatoms. The third kappa shape index (κ3) is 10.1. The monoisotopic (exact) mass is 522 g/mol. The Morgan fingerprint density at radius 1 is 0.406 bits per heavy atom. The highest BCUT2D eigenvalue weighted by Crippen LogP contribution is 2.10. The molecule has 2 aromatic carbocycles. The van der Waals surface area contributed by atoms with Crippen molar-refractivity contribution >= 4 is 49.6 Å². The molecule has 0 saturated carbocycles. The molecule has 0 bridgehead atoms. The van der Waals surface area contributed by atoms with E-state index in [9.17, 15) is 0 Å². The zero-order valence-corrected chi connectivity index (χ0v) is 21.9. The van der Waals surface area contributed by atoms with E-state index in [1.807, 2.05) is 0 Å². The van der Waals surface area contributed by atoms with Crippen LogP contribution in [0.1, 0.15) is 11.1 Å². The molecule has 0 amide bonds. The molecule has 32 heavy (non-hydrogen) atoms. The van der Waals surface area contributed by atoms with Crippen molar-refractivity contribution < 1.29 is 0 Å². The van der Waals surface area contributed by atoms with Gasteiger partial charge in [0, 0.05) is 78.5 Å². The first-order valence-electron chi connectivity index (χ1n) is 10.8. The number of hydrogen-bond acceptors (Lipinski definition) is 4. The van der Waals surface area contributed by atoms with Crippen LogP contribution in [0.15, 0.2) is 60.7 Å². The third-order valence-corrected chi connectivity index (χ3v) is 6.16. The van der Waals surface area contributed by atoms with Crippen molar-refractivity contribution in [2.24, 2.45) is 0 Å². The highest BCUT2D eigenvalue weighted by atomic mass is 35.5. The fourth-order valence-corrected chi connectivity index (χ4v) is 4.31. The Kier molecular flexibility index (Phi) is 16.7. The average molecular weight is 524 g/mol. The van der Waals surface area contributed by atoms with Crippen molar-refractivity contribution in [1.82, 2.24) is 19.6 Å². The quantitative estimate of drug-likeness (QED) is 0.536. The van der Waals surface area contributed by atoms with Crippen LogP contribution in [0.5, 0.6) is 0 Å². The molecule has 182 valence electrons. The van der Waals surface area contributed by atoms with Crippen LogP contribution < -0.4 is 0 Å². The number of benzene rings is 2. The summed E-state index contributed by atoms with van der Waals surface area (Å²) in [5.74, 6) is 0. The van der Waals surface area contributed by atoms with Gasteiger partial charge in [-0.3, -0.25) is 19.6 Å². The molecule has 4 rings (SSSR count).